The van der Waals surface area contributed by atoms with Crippen LogP contribution in [0.2, 0.25) is 0 Å². The number of nitrogens with zero attached hydrogens (tertiary/aromatic N) is 1. The highest BCUT2D eigenvalue weighted by molar-refractivity contribution is 7.98. The zero-order chi connectivity index (χ0) is 15.2. The van der Waals surface area contributed by atoms with Crippen LogP contribution in [0.25, 0.3) is 11.3 Å². The van der Waals surface area contributed by atoms with Gasteiger partial charge in [0.25, 0.3) is 0 Å². The van der Waals surface area contributed by atoms with Crippen molar-refractivity contribution in [1.82, 2.24) is 4.98 Å². The van der Waals surface area contributed by atoms with E-state index in [-0.39, 0.29) is 11.7 Å². The number of nitrogens with one attached hydrogen (secondary N) is 1. The molecule has 1 unspecified atom stereocenters. The summed E-state index contributed by atoms with van der Waals surface area (Å²) in [4.78, 5) is 16.2. The van der Waals surface area contributed by atoms with Crippen molar-refractivity contribution in [3.63, 3.8) is 0 Å². The fourth-order valence-corrected chi connectivity index (χ4v) is 2.90. The van der Waals surface area contributed by atoms with Crippen LogP contribution in [0.15, 0.2) is 29.6 Å². The molecular formula is C14H16FN3OS2. The van der Waals surface area contributed by atoms with Crippen molar-refractivity contribution in [2.45, 2.75) is 12.5 Å². The van der Waals surface area contributed by atoms with Gasteiger partial charge in [0.1, 0.15) is 5.82 Å². The molecule has 0 fully saturated rings. The predicted octanol–water partition coefficient (Wildman–Crippen LogP) is 2.97. The highest BCUT2D eigenvalue weighted by Crippen LogP contribution is 2.25. The van der Waals surface area contributed by atoms with E-state index < -0.39 is 6.04 Å². The van der Waals surface area contributed by atoms with Gasteiger partial charge in [-0.25, -0.2) is 9.37 Å². The van der Waals surface area contributed by atoms with Crippen LogP contribution in [0.4, 0.5) is 9.52 Å². The first-order valence-corrected chi connectivity index (χ1v) is 8.64. The molecule has 0 spiro atoms. The van der Waals surface area contributed by atoms with Crippen LogP contribution in [0.1, 0.15) is 6.42 Å². The van der Waals surface area contributed by atoms with Crippen LogP contribution in [0.3, 0.4) is 0 Å². The maximum atomic E-state index is 13.2. The molecule has 0 radical (unpaired) electrons. The summed E-state index contributed by atoms with van der Waals surface area (Å²) in [5, 5.41) is 4.94. The molecule has 1 aromatic carbocycles. The quantitative estimate of drug-likeness (QED) is 0.857. The van der Waals surface area contributed by atoms with E-state index in [0.717, 1.165) is 5.75 Å². The third kappa shape index (κ3) is 4.52. The summed E-state index contributed by atoms with van der Waals surface area (Å²) in [6.45, 7) is 0. The van der Waals surface area contributed by atoms with E-state index >= 15 is 0 Å². The Bertz CT molecular complexity index is 618. The molecule has 1 amide bonds. The Morgan fingerprint density at radius 3 is 3.10 bits per heavy atom. The number of rotatable bonds is 6. The van der Waals surface area contributed by atoms with E-state index in [1.54, 1.807) is 29.3 Å². The normalized spacial score (nSPS) is 12.1. The SMILES string of the molecule is CSCCC(N)C(=O)Nc1nc(-c2cccc(F)c2)cs1. The predicted molar refractivity (Wildman–Crippen MR) is 87.1 cm³/mol. The van der Waals surface area contributed by atoms with E-state index in [1.165, 1.54) is 23.5 Å². The zero-order valence-corrected chi connectivity index (χ0v) is 13.1. The van der Waals surface area contributed by atoms with Gasteiger partial charge in [-0.2, -0.15) is 11.8 Å². The molecule has 2 aromatic rings. The Hall–Kier alpha value is -1.44. The number of thioether (sulfide) groups is 1. The lowest BCUT2D eigenvalue weighted by molar-refractivity contribution is -0.117. The van der Waals surface area contributed by atoms with Crippen LogP contribution < -0.4 is 11.1 Å². The largest absolute Gasteiger partial charge is 0.320 e. The van der Waals surface area contributed by atoms with Crippen molar-refractivity contribution in [3.8, 4) is 11.3 Å². The number of halogens is 1. The molecule has 7 heteroatoms. The van der Waals surface area contributed by atoms with Gasteiger partial charge < -0.3 is 11.1 Å². The molecule has 1 aromatic heterocycles. The molecule has 3 N–H and O–H groups in total. The van der Waals surface area contributed by atoms with E-state index in [0.29, 0.717) is 22.8 Å². The minimum Gasteiger partial charge on any atom is -0.320 e. The first-order valence-electron chi connectivity index (χ1n) is 6.37. The summed E-state index contributed by atoms with van der Waals surface area (Å²) in [6.07, 6.45) is 2.59. The number of aromatic nitrogens is 1. The lowest BCUT2D eigenvalue weighted by Crippen LogP contribution is -2.36. The van der Waals surface area contributed by atoms with Gasteiger partial charge in [-0.15, -0.1) is 11.3 Å². The Balaban J connectivity index is 2.02. The van der Waals surface area contributed by atoms with Crippen molar-refractivity contribution in [2.24, 2.45) is 5.73 Å². The van der Waals surface area contributed by atoms with E-state index in [2.05, 4.69) is 10.3 Å². The number of benzene rings is 1. The summed E-state index contributed by atoms with van der Waals surface area (Å²) >= 11 is 2.94. The second-order valence-electron chi connectivity index (χ2n) is 4.43. The van der Waals surface area contributed by atoms with Crippen molar-refractivity contribution in [2.75, 3.05) is 17.3 Å². The topological polar surface area (TPSA) is 68.0 Å². The maximum absolute atomic E-state index is 13.2. The van der Waals surface area contributed by atoms with Crippen LogP contribution in [-0.4, -0.2) is 28.9 Å². The lowest BCUT2D eigenvalue weighted by atomic mass is 10.2. The number of carbonyl (C=O) groups excluding carboxylic acids is 1. The summed E-state index contributed by atoms with van der Waals surface area (Å²) in [5.41, 5.74) is 7.10. The average molecular weight is 325 g/mol. The molecule has 0 aliphatic heterocycles. The summed E-state index contributed by atoms with van der Waals surface area (Å²) in [7, 11) is 0. The molecule has 0 bridgehead atoms. The molecule has 21 heavy (non-hydrogen) atoms. The standard InChI is InChI=1S/C14H16FN3OS2/c1-20-6-5-11(16)13(19)18-14-17-12(8-21-14)9-3-2-4-10(15)7-9/h2-4,7-8,11H,5-6,16H2,1H3,(H,17,18,19). The summed E-state index contributed by atoms with van der Waals surface area (Å²) < 4.78 is 13.2. The van der Waals surface area contributed by atoms with Gasteiger partial charge in [-0.05, 0) is 30.6 Å². The van der Waals surface area contributed by atoms with Gasteiger partial charge in [0, 0.05) is 10.9 Å². The molecule has 4 nitrogen and oxygen atoms in total. The molecule has 0 saturated carbocycles. The highest BCUT2D eigenvalue weighted by Gasteiger charge is 2.15. The summed E-state index contributed by atoms with van der Waals surface area (Å²) in [5.74, 6) is 0.274. The van der Waals surface area contributed by atoms with Crippen molar-refractivity contribution in [1.29, 1.82) is 0 Å². The Labute approximate surface area is 131 Å². The van der Waals surface area contributed by atoms with Crippen LogP contribution in [0.5, 0.6) is 0 Å². The molecule has 1 atom stereocenters. The molecule has 112 valence electrons. The fraction of sp³-hybridized carbons (Fsp3) is 0.286. The lowest BCUT2D eigenvalue weighted by Gasteiger charge is -2.09. The molecule has 2 rings (SSSR count). The monoisotopic (exact) mass is 325 g/mol. The minimum absolute atomic E-state index is 0.246. The second-order valence-corrected chi connectivity index (χ2v) is 6.27. The third-order valence-corrected chi connectivity index (χ3v) is 4.23. The van der Waals surface area contributed by atoms with Gasteiger partial charge in [0.05, 0.1) is 11.7 Å². The zero-order valence-electron chi connectivity index (χ0n) is 11.5. The van der Waals surface area contributed by atoms with Crippen LogP contribution >= 0.6 is 23.1 Å². The number of nitrogens with two attached hydrogens (primary N) is 1. The maximum Gasteiger partial charge on any atom is 0.243 e. The number of hydrogen-bond acceptors (Lipinski definition) is 5. The smallest absolute Gasteiger partial charge is 0.243 e. The van der Waals surface area contributed by atoms with Crippen LogP contribution in [0, 0.1) is 5.82 Å². The van der Waals surface area contributed by atoms with Gasteiger partial charge in [0.2, 0.25) is 5.91 Å². The second kappa shape index (κ2) is 7.53. The Morgan fingerprint density at radius 2 is 2.38 bits per heavy atom. The van der Waals surface area contributed by atoms with Gasteiger partial charge in [0.15, 0.2) is 5.13 Å². The number of carbonyl (C=O) groups is 1. The van der Waals surface area contributed by atoms with Crippen molar-refractivity contribution >= 4 is 34.1 Å². The first kappa shape index (κ1) is 15.9. The first-order chi connectivity index (χ1) is 10.1. The van der Waals surface area contributed by atoms with Gasteiger partial charge in [-0.1, -0.05) is 12.1 Å². The van der Waals surface area contributed by atoms with Gasteiger partial charge >= 0.3 is 0 Å². The summed E-state index contributed by atoms with van der Waals surface area (Å²) in [6, 6.07) is 5.64. The van der Waals surface area contributed by atoms with Crippen molar-refractivity contribution in [3.05, 3.63) is 35.5 Å². The van der Waals surface area contributed by atoms with Crippen LogP contribution in [-0.2, 0) is 4.79 Å². The minimum atomic E-state index is -0.543. The van der Waals surface area contributed by atoms with E-state index in [9.17, 15) is 9.18 Å². The number of anilines is 1. The fourth-order valence-electron chi connectivity index (χ4n) is 1.69. The number of hydrogen-bond donors (Lipinski definition) is 2. The van der Waals surface area contributed by atoms with Gasteiger partial charge in [-0.3, -0.25) is 4.79 Å². The molecule has 1 heterocycles. The molecular weight excluding hydrogens is 309 g/mol. The third-order valence-electron chi connectivity index (χ3n) is 2.82. The molecule has 0 saturated heterocycles. The number of amides is 1. The highest BCUT2D eigenvalue weighted by atomic mass is 32.2. The average Bonchev–Trinajstić information content (AvgIpc) is 2.93. The molecule has 0 aliphatic rings. The Morgan fingerprint density at radius 1 is 1.57 bits per heavy atom. The number of thiazole rings is 1. The molecule has 0 aliphatic carbocycles. The van der Waals surface area contributed by atoms with E-state index in [4.69, 9.17) is 5.73 Å². The van der Waals surface area contributed by atoms with E-state index in [1.807, 2.05) is 6.26 Å². The van der Waals surface area contributed by atoms with Crippen molar-refractivity contribution < 1.29 is 9.18 Å². The Kier molecular flexibility index (Phi) is 5.72.